The van der Waals surface area contributed by atoms with Crippen LogP contribution in [-0.2, 0) is 14.3 Å². The van der Waals surface area contributed by atoms with Gasteiger partial charge in [-0.3, -0.25) is 9.59 Å². The van der Waals surface area contributed by atoms with E-state index in [2.05, 4.69) is 4.74 Å². The van der Waals surface area contributed by atoms with Gasteiger partial charge in [-0.2, -0.15) is 5.26 Å². The van der Waals surface area contributed by atoms with Crippen molar-refractivity contribution in [2.24, 2.45) is 0 Å². The van der Waals surface area contributed by atoms with Crippen LogP contribution in [0.25, 0.3) is 6.08 Å². The summed E-state index contributed by atoms with van der Waals surface area (Å²) in [4.78, 5) is 38.5. The Bertz CT molecular complexity index is 711. The number of nitriles is 1. The van der Waals surface area contributed by atoms with Crippen LogP contribution in [0.1, 0.15) is 22.3 Å². The normalized spacial score (nSPS) is 14.2. The molecule has 1 aliphatic rings. The zero-order valence-corrected chi connectivity index (χ0v) is 14.0. The summed E-state index contributed by atoms with van der Waals surface area (Å²) in [5, 5.41) is 8.57. The number of nitrogens with zero attached hydrogens (tertiary/aromatic N) is 3. The topological polar surface area (TPSA) is 90.7 Å². The second-order valence-electron chi connectivity index (χ2n) is 5.49. The first-order valence-corrected chi connectivity index (χ1v) is 7.85. The van der Waals surface area contributed by atoms with Gasteiger partial charge >= 0.3 is 5.97 Å². The third-order valence-corrected chi connectivity index (χ3v) is 3.92. The molecule has 7 nitrogen and oxygen atoms in total. The molecule has 1 heterocycles. The lowest BCUT2D eigenvalue weighted by molar-refractivity contribution is -0.134. The highest BCUT2D eigenvalue weighted by molar-refractivity contribution is 5.95. The van der Waals surface area contributed by atoms with Crippen LogP contribution >= 0.6 is 0 Å². The van der Waals surface area contributed by atoms with E-state index in [4.69, 9.17) is 5.26 Å². The van der Waals surface area contributed by atoms with Gasteiger partial charge in [-0.15, -0.1) is 0 Å². The molecule has 1 saturated heterocycles. The smallest absolute Gasteiger partial charge is 0.330 e. The Morgan fingerprint density at radius 1 is 1.12 bits per heavy atom. The number of amides is 2. The molecule has 0 radical (unpaired) electrons. The average Bonchev–Trinajstić information content (AvgIpc) is 2.66. The van der Waals surface area contributed by atoms with Crippen molar-refractivity contribution in [3.8, 4) is 6.07 Å². The van der Waals surface area contributed by atoms with Gasteiger partial charge in [0.2, 0.25) is 5.91 Å². The van der Waals surface area contributed by atoms with Gasteiger partial charge in [-0.1, -0.05) is 12.1 Å². The third-order valence-electron chi connectivity index (χ3n) is 3.92. The Balaban J connectivity index is 1.93. The maximum absolute atomic E-state index is 12.5. The first-order valence-electron chi connectivity index (χ1n) is 7.85. The van der Waals surface area contributed by atoms with Crippen molar-refractivity contribution >= 4 is 23.9 Å². The number of carbonyl (C=O) groups excluding carboxylic acids is 3. The largest absolute Gasteiger partial charge is 0.466 e. The quantitative estimate of drug-likeness (QED) is 0.603. The molecule has 0 spiro atoms. The second kappa shape index (κ2) is 8.64. The minimum absolute atomic E-state index is 0.101. The Kier molecular flexibility index (Phi) is 6.29. The van der Waals surface area contributed by atoms with E-state index in [1.54, 1.807) is 40.1 Å². The van der Waals surface area contributed by atoms with Gasteiger partial charge in [0.25, 0.3) is 5.91 Å². The van der Waals surface area contributed by atoms with E-state index in [9.17, 15) is 14.4 Å². The van der Waals surface area contributed by atoms with E-state index >= 15 is 0 Å². The monoisotopic (exact) mass is 341 g/mol. The molecule has 0 N–H and O–H groups in total. The molecular formula is C18H19N3O4. The summed E-state index contributed by atoms with van der Waals surface area (Å²) in [6.07, 6.45) is 2.79. The Labute approximate surface area is 146 Å². The maximum atomic E-state index is 12.5. The van der Waals surface area contributed by atoms with Crippen LogP contribution in [0.3, 0.4) is 0 Å². The van der Waals surface area contributed by atoms with Gasteiger partial charge in [-0.05, 0) is 23.8 Å². The predicted molar refractivity (Wildman–Crippen MR) is 90.2 cm³/mol. The van der Waals surface area contributed by atoms with Crippen molar-refractivity contribution in [2.75, 3.05) is 33.3 Å². The SMILES string of the molecule is COC(=O)/C=C/c1ccc(C(=O)N2CCN(C(=O)CC#N)CC2)cc1. The molecule has 1 fully saturated rings. The minimum Gasteiger partial charge on any atom is -0.466 e. The van der Waals surface area contributed by atoms with Gasteiger partial charge in [0.15, 0.2) is 0 Å². The van der Waals surface area contributed by atoms with E-state index < -0.39 is 5.97 Å². The van der Waals surface area contributed by atoms with Crippen molar-refractivity contribution in [2.45, 2.75) is 6.42 Å². The van der Waals surface area contributed by atoms with Crippen LogP contribution in [0.15, 0.2) is 30.3 Å². The fraction of sp³-hybridized carbons (Fsp3) is 0.333. The number of esters is 1. The van der Waals surface area contributed by atoms with Crippen molar-refractivity contribution in [1.82, 2.24) is 9.80 Å². The number of ether oxygens (including phenoxy) is 1. The lowest BCUT2D eigenvalue weighted by Gasteiger charge is -2.34. The molecule has 1 aromatic rings. The number of hydrogen-bond donors (Lipinski definition) is 0. The van der Waals surface area contributed by atoms with Crippen LogP contribution in [0.5, 0.6) is 0 Å². The summed E-state index contributed by atoms with van der Waals surface area (Å²) < 4.78 is 4.52. The molecular weight excluding hydrogens is 322 g/mol. The summed E-state index contributed by atoms with van der Waals surface area (Å²) >= 11 is 0. The molecule has 0 aliphatic carbocycles. The van der Waals surface area contributed by atoms with Crippen molar-refractivity contribution in [3.05, 3.63) is 41.5 Å². The molecule has 130 valence electrons. The molecule has 0 bridgehead atoms. The van der Waals surface area contributed by atoms with Gasteiger partial charge < -0.3 is 14.5 Å². The van der Waals surface area contributed by atoms with Crippen molar-refractivity contribution in [3.63, 3.8) is 0 Å². The highest BCUT2D eigenvalue weighted by atomic mass is 16.5. The maximum Gasteiger partial charge on any atom is 0.330 e. The number of benzene rings is 1. The fourth-order valence-electron chi connectivity index (χ4n) is 2.49. The molecule has 0 atom stereocenters. The molecule has 2 rings (SSSR count). The van der Waals surface area contributed by atoms with Gasteiger partial charge in [0, 0.05) is 37.8 Å². The van der Waals surface area contributed by atoms with Crippen molar-refractivity contribution < 1.29 is 19.1 Å². The number of piperazine rings is 1. The van der Waals surface area contributed by atoms with Gasteiger partial charge in [0.05, 0.1) is 13.2 Å². The summed E-state index contributed by atoms with van der Waals surface area (Å²) in [6, 6.07) is 8.75. The molecule has 1 aromatic carbocycles. The Morgan fingerprint density at radius 3 is 2.28 bits per heavy atom. The van der Waals surface area contributed by atoms with Crippen LogP contribution in [0.4, 0.5) is 0 Å². The predicted octanol–water partition coefficient (Wildman–Crippen LogP) is 1.07. The summed E-state index contributed by atoms with van der Waals surface area (Å²) in [5.74, 6) is -0.740. The first-order chi connectivity index (χ1) is 12.0. The number of hydrogen-bond acceptors (Lipinski definition) is 5. The van der Waals surface area contributed by atoms with Crippen LogP contribution in [0.2, 0.25) is 0 Å². The average molecular weight is 341 g/mol. The minimum atomic E-state index is -0.441. The summed E-state index contributed by atoms with van der Waals surface area (Å²) in [6.45, 7) is 1.76. The molecule has 25 heavy (non-hydrogen) atoms. The van der Waals surface area contributed by atoms with E-state index in [-0.39, 0.29) is 18.2 Å². The van der Waals surface area contributed by atoms with Crippen LogP contribution in [-0.4, -0.2) is 60.9 Å². The Morgan fingerprint density at radius 2 is 1.72 bits per heavy atom. The Hall–Kier alpha value is -3.14. The highest BCUT2D eigenvalue weighted by Crippen LogP contribution is 2.12. The third kappa shape index (κ3) is 4.91. The van der Waals surface area contributed by atoms with Gasteiger partial charge in [0.1, 0.15) is 6.42 Å². The molecule has 0 saturated carbocycles. The van der Waals surface area contributed by atoms with E-state index in [1.165, 1.54) is 13.2 Å². The molecule has 7 heteroatoms. The first kappa shape index (κ1) is 18.2. The zero-order chi connectivity index (χ0) is 18.2. The van der Waals surface area contributed by atoms with Crippen molar-refractivity contribution in [1.29, 1.82) is 5.26 Å². The number of rotatable bonds is 4. The fourth-order valence-corrected chi connectivity index (χ4v) is 2.49. The van der Waals surface area contributed by atoms with E-state index in [1.807, 2.05) is 6.07 Å². The lowest BCUT2D eigenvalue weighted by Crippen LogP contribution is -2.50. The van der Waals surface area contributed by atoms with E-state index in [0.29, 0.717) is 31.7 Å². The second-order valence-corrected chi connectivity index (χ2v) is 5.49. The molecule has 1 aliphatic heterocycles. The van der Waals surface area contributed by atoms with E-state index in [0.717, 1.165) is 5.56 Å². The van der Waals surface area contributed by atoms with Crippen LogP contribution < -0.4 is 0 Å². The summed E-state index contributed by atoms with van der Waals surface area (Å²) in [5.41, 5.74) is 1.33. The summed E-state index contributed by atoms with van der Waals surface area (Å²) in [7, 11) is 1.31. The lowest BCUT2D eigenvalue weighted by atomic mass is 10.1. The molecule has 2 amide bonds. The van der Waals surface area contributed by atoms with Gasteiger partial charge in [-0.25, -0.2) is 4.79 Å². The standard InChI is InChI=1S/C18H19N3O4/c1-25-17(23)7-4-14-2-5-15(6-3-14)18(24)21-12-10-20(11-13-21)16(22)8-9-19/h2-7H,8,10-13H2,1H3/b7-4+. The zero-order valence-electron chi connectivity index (χ0n) is 14.0. The number of methoxy groups -OCH3 is 1. The molecule has 0 aromatic heterocycles. The highest BCUT2D eigenvalue weighted by Gasteiger charge is 2.24. The molecule has 0 unspecified atom stereocenters. The number of carbonyl (C=O) groups is 3. The van der Waals surface area contributed by atoms with Crippen LogP contribution in [0, 0.1) is 11.3 Å².